The number of para-hydroxylation sites is 2. The molecule has 5 nitrogen and oxygen atoms in total. The van der Waals surface area contributed by atoms with E-state index in [0.717, 1.165) is 88.5 Å². The number of phenols is 1. The molecule has 0 spiro atoms. The van der Waals surface area contributed by atoms with Crippen molar-refractivity contribution in [2.24, 2.45) is 0 Å². The van der Waals surface area contributed by atoms with Crippen molar-refractivity contribution in [3.8, 4) is 56.3 Å². The second-order valence-corrected chi connectivity index (χ2v) is 18.4. The Hall–Kier alpha value is -7.76. The predicted octanol–water partition coefficient (Wildman–Crippen LogP) is 15.5. The Morgan fingerprint density at radius 1 is 0.516 bits per heavy atom. The summed E-state index contributed by atoms with van der Waals surface area (Å²) in [6, 6.07) is 63.5. The highest BCUT2D eigenvalue weighted by atomic mass is 16.3. The van der Waals surface area contributed by atoms with Crippen LogP contribution in [0.5, 0.6) is 5.75 Å². The fourth-order valence-corrected chi connectivity index (χ4v) is 9.39. The maximum Gasteiger partial charge on any atom is 0.149 e. The summed E-state index contributed by atoms with van der Waals surface area (Å²) in [6.45, 7) is 11.3. The van der Waals surface area contributed by atoms with Crippen LogP contribution < -0.4 is 0 Å². The molecular weight excluding hydrogens is 783 g/mol. The first-order valence-electron chi connectivity index (χ1n) is 21.9. The minimum Gasteiger partial charge on any atom is -0.507 e. The molecule has 64 heavy (non-hydrogen) atoms. The van der Waals surface area contributed by atoms with Crippen molar-refractivity contribution in [1.29, 1.82) is 0 Å². The number of fused-ring (bicyclic) bond motifs is 5. The van der Waals surface area contributed by atoms with E-state index in [-0.39, 0.29) is 16.6 Å². The molecule has 1 N–H and O–H groups in total. The standard InChI is InChI=1S/C59H47N3O2/c1-58(2,3)43-27-28-49(47(36-43)37-17-8-6-9-18-37)62-50-25-16-24-45(56(50)61-57(62)46-23-14-15-26-51(46)63)40-31-41(33-44(32-40)59(4,5)42-21-10-7-11-22-42)55-54-48-34-38-19-12-13-20-39(38)35-53(48)64-52(54)29-30-60-55/h6-36,63H,1-5H3. The van der Waals surface area contributed by atoms with E-state index in [1.807, 2.05) is 30.5 Å². The lowest BCUT2D eigenvalue weighted by Crippen LogP contribution is -2.19. The molecule has 3 heterocycles. The second kappa shape index (κ2) is 15.0. The van der Waals surface area contributed by atoms with Crippen LogP contribution in [-0.2, 0) is 10.8 Å². The summed E-state index contributed by atoms with van der Waals surface area (Å²) < 4.78 is 8.79. The lowest BCUT2D eigenvalue weighted by Gasteiger charge is -2.27. The second-order valence-electron chi connectivity index (χ2n) is 18.4. The van der Waals surface area contributed by atoms with E-state index in [1.165, 1.54) is 11.1 Å². The quantitative estimate of drug-likeness (QED) is 0.174. The zero-order chi connectivity index (χ0) is 43.7. The predicted molar refractivity (Wildman–Crippen MR) is 264 cm³/mol. The average molecular weight is 830 g/mol. The maximum atomic E-state index is 11.5. The Labute approximate surface area is 373 Å². The number of hydrogen-bond acceptors (Lipinski definition) is 4. The molecule has 11 rings (SSSR count). The molecule has 0 aliphatic heterocycles. The van der Waals surface area contributed by atoms with Gasteiger partial charge in [-0.1, -0.05) is 156 Å². The smallest absolute Gasteiger partial charge is 0.149 e. The van der Waals surface area contributed by atoms with Gasteiger partial charge in [-0.2, -0.15) is 0 Å². The van der Waals surface area contributed by atoms with Crippen LogP contribution in [0.1, 0.15) is 51.3 Å². The van der Waals surface area contributed by atoms with E-state index >= 15 is 0 Å². The van der Waals surface area contributed by atoms with E-state index in [1.54, 1.807) is 6.07 Å². The third-order valence-electron chi connectivity index (χ3n) is 13.0. The highest BCUT2D eigenvalue weighted by molar-refractivity contribution is 6.15. The van der Waals surface area contributed by atoms with Crippen LogP contribution in [0.3, 0.4) is 0 Å². The Bertz CT molecular complexity index is 3570. The van der Waals surface area contributed by atoms with Crippen molar-refractivity contribution in [2.45, 2.75) is 45.4 Å². The van der Waals surface area contributed by atoms with Gasteiger partial charge in [0.2, 0.25) is 0 Å². The molecule has 0 atom stereocenters. The molecule has 0 aliphatic carbocycles. The van der Waals surface area contributed by atoms with Gasteiger partial charge in [0, 0.05) is 33.7 Å². The van der Waals surface area contributed by atoms with Crippen LogP contribution in [0, 0.1) is 0 Å². The lowest BCUT2D eigenvalue weighted by atomic mass is 9.76. The molecule has 0 radical (unpaired) electrons. The molecule has 3 aromatic heterocycles. The van der Waals surface area contributed by atoms with E-state index < -0.39 is 0 Å². The van der Waals surface area contributed by atoms with E-state index in [0.29, 0.717) is 11.4 Å². The molecule has 0 fully saturated rings. The van der Waals surface area contributed by atoms with Crippen LogP contribution in [0.15, 0.2) is 193 Å². The fraction of sp³-hybridized carbons (Fsp3) is 0.119. The minimum absolute atomic E-state index is 0.0707. The molecule has 310 valence electrons. The molecule has 5 heteroatoms. The number of nitrogens with zero attached hydrogens (tertiary/aromatic N) is 3. The van der Waals surface area contributed by atoms with Gasteiger partial charge in [0.25, 0.3) is 0 Å². The molecule has 0 amide bonds. The number of phenolic OH excluding ortho intramolecular Hbond substituents is 1. The third kappa shape index (κ3) is 6.55. The van der Waals surface area contributed by atoms with Gasteiger partial charge < -0.3 is 9.52 Å². The maximum absolute atomic E-state index is 11.5. The normalized spacial score (nSPS) is 12.2. The van der Waals surface area contributed by atoms with Gasteiger partial charge in [-0.25, -0.2) is 4.98 Å². The Kier molecular flexibility index (Phi) is 9.14. The third-order valence-corrected chi connectivity index (χ3v) is 13.0. The first-order valence-corrected chi connectivity index (χ1v) is 21.9. The van der Waals surface area contributed by atoms with Gasteiger partial charge in [-0.3, -0.25) is 9.55 Å². The van der Waals surface area contributed by atoms with Crippen molar-refractivity contribution >= 4 is 43.7 Å². The van der Waals surface area contributed by atoms with Crippen molar-refractivity contribution in [3.63, 3.8) is 0 Å². The lowest BCUT2D eigenvalue weighted by molar-refractivity contribution is 0.477. The average Bonchev–Trinajstić information content (AvgIpc) is 3.89. The van der Waals surface area contributed by atoms with Crippen LogP contribution in [0.25, 0.3) is 94.3 Å². The van der Waals surface area contributed by atoms with Crippen LogP contribution in [0.2, 0.25) is 0 Å². The molecule has 0 bridgehead atoms. The van der Waals surface area contributed by atoms with Gasteiger partial charge in [0.1, 0.15) is 22.7 Å². The zero-order valence-electron chi connectivity index (χ0n) is 36.6. The molecule has 0 aliphatic rings. The number of pyridine rings is 1. The largest absolute Gasteiger partial charge is 0.507 e. The fourth-order valence-electron chi connectivity index (χ4n) is 9.39. The SMILES string of the molecule is CC(C)(C)c1ccc(-n2c(-c3ccccc3O)nc3c(-c4cc(-c5nccc6oc7cc8ccccc8cc7c56)cc(C(C)(C)c5ccccc5)c4)cccc32)c(-c2ccccc2)c1. The molecule has 0 saturated carbocycles. The highest BCUT2D eigenvalue weighted by Gasteiger charge is 2.28. The molecule has 11 aromatic rings. The van der Waals surface area contributed by atoms with E-state index in [4.69, 9.17) is 14.4 Å². The van der Waals surface area contributed by atoms with Crippen LogP contribution in [0.4, 0.5) is 0 Å². The molecule has 0 saturated heterocycles. The summed E-state index contributed by atoms with van der Waals surface area (Å²) in [5, 5.41) is 15.8. The summed E-state index contributed by atoms with van der Waals surface area (Å²) in [7, 11) is 0. The summed E-state index contributed by atoms with van der Waals surface area (Å²) >= 11 is 0. The van der Waals surface area contributed by atoms with E-state index in [9.17, 15) is 5.11 Å². The highest BCUT2D eigenvalue weighted by Crippen LogP contribution is 2.45. The number of hydrogen-bond donors (Lipinski definition) is 1. The number of aromatic nitrogens is 3. The number of imidazole rings is 1. The van der Waals surface area contributed by atoms with Crippen LogP contribution >= 0.6 is 0 Å². The molecular formula is C59H47N3O2. The monoisotopic (exact) mass is 829 g/mol. The Balaban J connectivity index is 1.20. The topological polar surface area (TPSA) is 64.1 Å². The van der Waals surface area contributed by atoms with Crippen LogP contribution in [-0.4, -0.2) is 19.6 Å². The molecule has 8 aromatic carbocycles. The Morgan fingerprint density at radius 3 is 1.97 bits per heavy atom. The summed E-state index contributed by atoms with van der Waals surface area (Å²) in [5.41, 5.74) is 14.2. The summed E-state index contributed by atoms with van der Waals surface area (Å²) in [4.78, 5) is 10.7. The van der Waals surface area contributed by atoms with Gasteiger partial charge in [-0.15, -0.1) is 0 Å². The van der Waals surface area contributed by atoms with Crippen molar-refractivity contribution in [2.75, 3.05) is 0 Å². The summed E-state index contributed by atoms with van der Waals surface area (Å²) in [5.74, 6) is 0.826. The van der Waals surface area contributed by atoms with E-state index in [2.05, 4.69) is 191 Å². The summed E-state index contributed by atoms with van der Waals surface area (Å²) in [6.07, 6.45) is 1.85. The Morgan fingerprint density at radius 2 is 1.20 bits per heavy atom. The van der Waals surface area contributed by atoms with Gasteiger partial charge in [-0.05, 0) is 105 Å². The first-order chi connectivity index (χ1) is 31.0. The number of furan rings is 1. The zero-order valence-corrected chi connectivity index (χ0v) is 36.6. The van der Waals surface area contributed by atoms with Crippen molar-refractivity contribution in [1.82, 2.24) is 14.5 Å². The van der Waals surface area contributed by atoms with Gasteiger partial charge in [0.15, 0.2) is 0 Å². The van der Waals surface area contributed by atoms with Gasteiger partial charge in [0.05, 0.1) is 33.4 Å². The number of rotatable bonds is 7. The molecule has 0 unspecified atom stereocenters. The minimum atomic E-state index is -0.373. The first kappa shape index (κ1) is 39.1. The van der Waals surface area contributed by atoms with Gasteiger partial charge >= 0.3 is 0 Å². The van der Waals surface area contributed by atoms with Crippen molar-refractivity contribution in [3.05, 3.63) is 205 Å². The number of aromatic hydroxyl groups is 1. The van der Waals surface area contributed by atoms with Crippen molar-refractivity contribution < 1.29 is 9.52 Å². The number of benzene rings is 8.